The summed E-state index contributed by atoms with van der Waals surface area (Å²) < 4.78 is 0. The average Bonchev–Trinajstić information content (AvgIpc) is 2.21. The molecule has 0 fully saturated rings. The summed E-state index contributed by atoms with van der Waals surface area (Å²) in [5.41, 5.74) is 0.717. The third-order valence-electron chi connectivity index (χ3n) is 2.27. The van der Waals surface area contributed by atoms with Crippen LogP contribution in [0.3, 0.4) is 0 Å². The smallest absolute Gasteiger partial charge is 0.309 e. The topological polar surface area (TPSA) is 85.8 Å². The van der Waals surface area contributed by atoms with Crippen LogP contribution in [-0.2, 0) is 4.79 Å². The van der Waals surface area contributed by atoms with Gasteiger partial charge in [0.2, 0.25) is 0 Å². The third-order valence-corrected chi connectivity index (χ3v) is 2.27. The Balaban J connectivity index is 2.40. The Morgan fingerprint density at radius 2 is 1.75 bits per heavy atom. The molecular weight excluding hydrogens is 208 g/mol. The largest absolute Gasteiger partial charge is 0.481 e. The summed E-state index contributed by atoms with van der Waals surface area (Å²) in [6, 6.07) is 0. The predicted octanol–water partition coefficient (Wildman–Crippen LogP) is -1.32. The standard InChI is InChI=1S/C10H20N4O2/c15-10(16)7-9-8-13-4-3-11-1-2-12-5-6-14-9/h11-13H,1-8H2,(H,15,16). The Hall–Kier alpha value is -0.980. The maximum atomic E-state index is 10.6. The van der Waals surface area contributed by atoms with Crippen molar-refractivity contribution in [3.63, 3.8) is 0 Å². The van der Waals surface area contributed by atoms with Gasteiger partial charge in [0.1, 0.15) is 0 Å². The lowest BCUT2D eigenvalue weighted by molar-refractivity contribution is -0.135. The van der Waals surface area contributed by atoms with Crippen molar-refractivity contribution in [1.82, 2.24) is 16.0 Å². The van der Waals surface area contributed by atoms with Gasteiger partial charge >= 0.3 is 5.97 Å². The molecule has 6 heteroatoms. The Kier molecular flexibility index (Phi) is 6.71. The van der Waals surface area contributed by atoms with E-state index in [2.05, 4.69) is 20.9 Å². The second-order valence-electron chi connectivity index (χ2n) is 3.70. The van der Waals surface area contributed by atoms with Crippen LogP contribution in [0.2, 0.25) is 0 Å². The third kappa shape index (κ3) is 6.49. The van der Waals surface area contributed by atoms with Gasteiger partial charge in [0.05, 0.1) is 13.0 Å². The minimum Gasteiger partial charge on any atom is -0.481 e. The van der Waals surface area contributed by atoms with E-state index in [0.29, 0.717) is 13.1 Å². The lowest BCUT2D eigenvalue weighted by atomic mass is 10.2. The average molecular weight is 228 g/mol. The first-order valence-electron chi connectivity index (χ1n) is 5.65. The van der Waals surface area contributed by atoms with Crippen molar-refractivity contribution in [3.05, 3.63) is 0 Å². The minimum absolute atomic E-state index is 0.0282. The van der Waals surface area contributed by atoms with Gasteiger partial charge in [-0.15, -0.1) is 0 Å². The van der Waals surface area contributed by atoms with Gasteiger partial charge < -0.3 is 21.1 Å². The number of carboxylic acid groups (broad SMARTS) is 1. The van der Waals surface area contributed by atoms with Gasteiger partial charge in [-0.3, -0.25) is 9.79 Å². The molecule has 16 heavy (non-hydrogen) atoms. The predicted molar refractivity (Wildman–Crippen MR) is 63.2 cm³/mol. The van der Waals surface area contributed by atoms with Gasteiger partial charge in [0.25, 0.3) is 0 Å². The van der Waals surface area contributed by atoms with E-state index in [1.807, 2.05) is 0 Å². The molecule has 0 aromatic heterocycles. The first-order chi connectivity index (χ1) is 7.79. The van der Waals surface area contributed by atoms with Crippen molar-refractivity contribution >= 4 is 11.7 Å². The first-order valence-corrected chi connectivity index (χ1v) is 5.65. The lowest BCUT2D eigenvalue weighted by Gasteiger charge is -2.10. The summed E-state index contributed by atoms with van der Waals surface area (Å²) in [6.45, 7) is 5.60. The number of nitrogens with zero attached hydrogens (tertiary/aromatic N) is 1. The Bertz CT molecular complexity index is 243. The van der Waals surface area contributed by atoms with E-state index in [0.717, 1.165) is 38.4 Å². The zero-order valence-electron chi connectivity index (χ0n) is 9.46. The molecule has 0 bridgehead atoms. The van der Waals surface area contributed by atoms with Gasteiger partial charge in [-0.05, 0) is 0 Å². The molecule has 4 N–H and O–H groups in total. The number of nitrogens with one attached hydrogen (secondary N) is 3. The van der Waals surface area contributed by atoms with Gasteiger partial charge in [-0.1, -0.05) is 0 Å². The van der Waals surface area contributed by atoms with E-state index in [4.69, 9.17) is 5.11 Å². The van der Waals surface area contributed by atoms with Crippen molar-refractivity contribution in [3.8, 4) is 0 Å². The summed E-state index contributed by atoms with van der Waals surface area (Å²) in [5.74, 6) is -0.821. The van der Waals surface area contributed by atoms with Crippen LogP contribution < -0.4 is 16.0 Å². The maximum absolute atomic E-state index is 10.6. The van der Waals surface area contributed by atoms with Gasteiger partial charge in [-0.25, -0.2) is 0 Å². The van der Waals surface area contributed by atoms with Crippen LogP contribution in [0, 0.1) is 0 Å². The van der Waals surface area contributed by atoms with E-state index < -0.39 is 5.97 Å². The monoisotopic (exact) mass is 228 g/mol. The molecule has 6 nitrogen and oxygen atoms in total. The fourth-order valence-corrected chi connectivity index (χ4v) is 1.48. The van der Waals surface area contributed by atoms with E-state index in [9.17, 15) is 4.79 Å². The van der Waals surface area contributed by atoms with Crippen molar-refractivity contribution < 1.29 is 9.90 Å². The van der Waals surface area contributed by atoms with Crippen molar-refractivity contribution in [2.24, 2.45) is 4.99 Å². The zero-order chi connectivity index (χ0) is 11.6. The number of aliphatic imine (C=N–C) groups is 1. The van der Waals surface area contributed by atoms with Crippen LogP contribution in [0.25, 0.3) is 0 Å². The van der Waals surface area contributed by atoms with Crippen LogP contribution in [0.15, 0.2) is 4.99 Å². The molecule has 0 saturated carbocycles. The minimum atomic E-state index is -0.821. The number of rotatable bonds is 2. The Morgan fingerprint density at radius 3 is 2.44 bits per heavy atom. The second kappa shape index (κ2) is 8.20. The molecule has 1 rings (SSSR count). The maximum Gasteiger partial charge on any atom is 0.309 e. The second-order valence-corrected chi connectivity index (χ2v) is 3.70. The highest BCUT2D eigenvalue weighted by atomic mass is 16.4. The number of hydrogen-bond donors (Lipinski definition) is 4. The van der Waals surface area contributed by atoms with Crippen LogP contribution >= 0.6 is 0 Å². The van der Waals surface area contributed by atoms with Crippen LogP contribution in [0.4, 0.5) is 0 Å². The number of aliphatic carboxylic acids is 1. The summed E-state index contributed by atoms with van der Waals surface area (Å²) >= 11 is 0. The van der Waals surface area contributed by atoms with E-state index in [1.165, 1.54) is 0 Å². The van der Waals surface area contributed by atoms with Gasteiger partial charge in [-0.2, -0.15) is 0 Å². The van der Waals surface area contributed by atoms with Gasteiger partial charge in [0.15, 0.2) is 0 Å². The Labute approximate surface area is 95.5 Å². The highest BCUT2D eigenvalue weighted by Gasteiger charge is 2.05. The molecule has 0 aromatic rings. The zero-order valence-corrected chi connectivity index (χ0v) is 9.46. The molecule has 0 aliphatic carbocycles. The van der Waals surface area contributed by atoms with Crippen LogP contribution in [0.5, 0.6) is 0 Å². The molecule has 0 atom stereocenters. The van der Waals surface area contributed by atoms with Crippen molar-refractivity contribution in [2.45, 2.75) is 6.42 Å². The summed E-state index contributed by atoms with van der Waals surface area (Å²) in [6.07, 6.45) is 0.0282. The van der Waals surface area contributed by atoms with E-state index in [-0.39, 0.29) is 6.42 Å². The summed E-state index contributed by atoms with van der Waals surface area (Å²) in [7, 11) is 0. The molecule has 0 saturated heterocycles. The fourth-order valence-electron chi connectivity index (χ4n) is 1.48. The molecule has 0 aromatic carbocycles. The van der Waals surface area contributed by atoms with Crippen LogP contribution in [0.1, 0.15) is 6.42 Å². The highest BCUT2D eigenvalue weighted by molar-refractivity contribution is 5.99. The molecular formula is C10H20N4O2. The lowest BCUT2D eigenvalue weighted by Crippen LogP contribution is -2.36. The van der Waals surface area contributed by atoms with E-state index in [1.54, 1.807) is 0 Å². The SMILES string of the molecule is O=C(O)CC1=NCCNCCNCCNC1. The number of hydrogen-bond acceptors (Lipinski definition) is 5. The van der Waals surface area contributed by atoms with Crippen LogP contribution in [-0.4, -0.2) is 62.6 Å². The van der Waals surface area contributed by atoms with Gasteiger partial charge in [0, 0.05) is 45.0 Å². The molecule has 1 aliphatic rings. The molecule has 0 amide bonds. The highest BCUT2D eigenvalue weighted by Crippen LogP contribution is 1.88. The van der Waals surface area contributed by atoms with Crippen molar-refractivity contribution in [2.75, 3.05) is 45.8 Å². The molecule has 1 heterocycles. The molecule has 0 radical (unpaired) electrons. The Morgan fingerprint density at radius 1 is 1.12 bits per heavy atom. The summed E-state index contributed by atoms with van der Waals surface area (Å²) in [4.78, 5) is 14.9. The molecule has 92 valence electrons. The molecule has 0 spiro atoms. The fraction of sp³-hybridized carbons (Fsp3) is 0.800. The molecule has 0 unspecified atom stereocenters. The number of carbonyl (C=O) groups is 1. The number of carboxylic acids is 1. The molecule has 1 aliphatic heterocycles. The first kappa shape index (κ1) is 13.1. The quantitative estimate of drug-likeness (QED) is 0.471. The van der Waals surface area contributed by atoms with E-state index >= 15 is 0 Å². The van der Waals surface area contributed by atoms with Crippen molar-refractivity contribution in [1.29, 1.82) is 0 Å². The normalized spacial score (nSPS) is 20.4. The summed E-state index contributed by atoms with van der Waals surface area (Å²) in [5, 5.41) is 18.4.